The summed E-state index contributed by atoms with van der Waals surface area (Å²) in [6.45, 7) is 18.5. The summed E-state index contributed by atoms with van der Waals surface area (Å²) in [5, 5.41) is 10.9. The van der Waals surface area contributed by atoms with Gasteiger partial charge in [0.05, 0.1) is 13.2 Å². The molecule has 1 fully saturated rings. The van der Waals surface area contributed by atoms with Gasteiger partial charge in [-0.2, -0.15) is 4.98 Å². The molecule has 0 spiro atoms. The van der Waals surface area contributed by atoms with Crippen LogP contribution in [0, 0.1) is 5.92 Å². The fourth-order valence-electron chi connectivity index (χ4n) is 3.65. The molecule has 2 heterocycles. The van der Waals surface area contributed by atoms with Crippen molar-refractivity contribution in [3.63, 3.8) is 0 Å². The number of nitrogens with one attached hydrogen (secondary N) is 2. The highest BCUT2D eigenvalue weighted by molar-refractivity contribution is 5.79. The Balaban J connectivity index is 2.02. The zero-order valence-electron chi connectivity index (χ0n) is 19.1. The minimum absolute atomic E-state index is 0.154. The molecule has 1 aliphatic rings. The number of hydrogen-bond acceptors (Lipinski definition) is 6. The number of nitrogens with zero attached hydrogens (tertiary/aromatic N) is 4. The van der Waals surface area contributed by atoms with Crippen LogP contribution in [0.5, 0.6) is 0 Å². The maximum Gasteiger partial charge on any atom is 0.232 e. The van der Waals surface area contributed by atoms with Crippen LogP contribution in [0.25, 0.3) is 0 Å². The van der Waals surface area contributed by atoms with E-state index >= 15 is 0 Å². The minimum Gasteiger partial charge on any atom is -0.379 e. The van der Waals surface area contributed by atoms with Gasteiger partial charge in [-0.15, -0.1) is 0 Å². The average Bonchev–Trinajstić information content (AvgIpc) is 3.19. The number of guanidine groups is 1. The van der Waals surface area contributed by atoms with Crippen LogP contribution in [0.3, 0.4) is 0 Å². The summed E-state index contributed by atoms with van der Waals surface area (Å²) in [5.74, 6) is 2.69. The SMILES string of the molecule is CCNC(=NCc1noc(C(C)(C)C)n1)NCC(C(CC)CC)N1CCOCC1. The number of ether oxygens (including phenoxy) is 1. The number of aliphatic imine (C=N–C) groups is 1. The molecular formula is C21H40N6O2. The number of aromatic nitrogens is 2. The van der Waals surface area contributed by atoms with E-state index in [-0.39, 0.29) is 5.41 Å². The van der Waals surface area contributed by atoms with Crippen LogP contribution >= 0.6 is 0 Å². The molecule has 2 N–H and O–H groups in total. The van der Waals surface area contributed by atoms with Gasteiger partial charge in [0.2, 0.25) is 5.89 Å². The number of rotatable bonds is 9. The van der Waals surface area contributed by atoms with Crippen molar-refractivity contribution in [3.8, 4) is 0 Å². The molecule has 0 bridgehead atoms. The van der Waals surface area contributed by atoms with E-state index < -0.39 is 0 Å². The van der Waals surface area contributed by atoms with Crippen LogP contribution < -0.4 is 10.6 Å². The van der Waals surface area contributed by atoms with Gasteiger partial charge in [-0.05, 0) is 12.8 Å². The third kappa shape index (κ3) is 7.26. The van der Waals surface area contributed by atoms with E-state index in [0.717, 1.165) is 45.4 Å². The molecule has 8 heteroatoms. The van der Waals surface area contributed by atoms with Gasteiger partial charge in [0.25, 0.3) is 0 Å². The van der Waals surface area contributed by atoms with Gasteiger partial charge in [-0.3, -0.25) is 4.90 Å². The Kier molecular flexibility index (Phi) is 9.36. The Morgan fingerprint density at radius 2 is 1.83 bits per heavy atom. The highest BCUT2D eigenvalue weighted by Gasteiger charge is 2.27. The normalized spacial score (nSPS) is 17.6. The van der Waals surface area contributed by atoms with Crippen molar-refractivity contribution in [2.24, 2.45) is 10.9 Å². The second-order valence-electron chi connectivity index (χ2n) is 8.63. The summed E-state index contributed by atoms with van der Waals surface area (Å²) >= 11 is 0. The molecule has 1 saturated heterocycles. The number of hydrogen-bond donors (Lipinski definition) is 2. The molecule has 0 amide bonds. The first kappa shape index (κ1) is 23.6. The Hall–Kier alpha value is -1.67. The topological polar surface area (TPSA) is 87.8 Å². The minimum atomic E-state index is -0.154. The van der Waals surface area contributed by atoms with Crippen LogP contribution in [0.4, 0.5) is 0 Å². The first-order valence-electron chi connectivity index (χ1n) is 11.1. The van der Waals surface area contributed by atoms with Crippen molar-refractivity contribution in [1.82, 2.24) is 25.7 Å². The first-order valence-corrected chi connectivity index (χ1v) is 11.1. The van der Waals surface area contributed by atoms with E-state index in [1.54, 1.807) is 0 Å². The lowest BCUT2D eigenvalue weighted by Gasteiger charge is -2.39. The lowest BCUT2D eigenvalue weighted by atomic mass is 9.92. The largest absolute Gasteiger partial charge is 0.379 e. The van der Waals surface area contributed by atoms with Crippen molar-refractivity contribution in [2.45, 2.75) is 72.4 Å². The second-order valence-corrected chi connectivity index (χ2v) is 8.63. The Morgan fingerprint density at radius 1 is 1.14 bits per heavy atom. The lowest BCUT2D eigenvalue weighted by molar-refractivity contribution is 0.00272. The maximum absolute atomic E-state index is 5.55. The monoisotopic (exact) mass is 408 g/mol. The molecule has 0 aromatic carbocycles. The third-order valence-electron chi connectivity index (χ3n) is 5.42. The van der Waals surface area contributed by atoms with Crippen molar-refractivity contribution in [1.29, 1.82) is 0 Å². The predicted molar refractivity (Wildman–Crippen MR) is 116 cm³/mol. The molecule has 0 aliphatic carbocycles. The molecule has 1 aromatic heterocycles. The van der Waals surface area contributed by atoms with Crippen molar-refractivity contribution < 1.29 is 9.26 Å². The molecule has 8 nitrogen and oxygen atoms in total. The highest BCUT2D eigenvalue weighted by Crippen LogP contribution is 2.20. The summed E-state index contributed by atoms with van der Waals surface area (Å²) < 4.78 is 10.9. The summed E-state index contributed by atoms with van der Waals surface area (Å²) in [5.41, 5.74) is -0.154. The standard InChI is InChI=1S/C21H40N6O2/c1-7-16(8-2)17(27-10-12-28-13-11-27)14-23-20(22-9-3)24-15-18-25-19(29-26-18)21(4,5)6/h16-17H,7-15H2,1-6H3,(H2,22,23,24). The molecule has 0 saturated carbocycles. The molecule has 166 valence electrons. The zero-order valence-corrected chi connectivity index (χ0v) is 19.1. The van der Waals surface area contributed by atoms with Crippen LogP contribution in [0.2, 0.25) is 0 Å². The fraction of sp³-hybridized carbons (Fsp3) is 0.857. The Morgan fingerprint density at radius 3 is 2.38 bits per heavy atom. The predicted octanol–water partition coefficient (Wildman–Crippen LogP) is 2.56. The van der Waals surface area contributed by atoms with Gasteiger partial charge < -0.3 is 19.9 Å². The third-order valence-corrected chi connectivity index (χ3v) is 5.42. The van der Waals surface area contributed by atoms with E-state index in [1.165, 1.54) is 12.8 Å². The molecule has 29 heavy (non-hydrogen) atoms. The van der Waals surface area contributed by atoms with Crippen molar-refractivity contribution >= 4 is 5.96 Å². The van der Waals surface area contributed by atoms with E-state index in [0.29, 0.717) is 30.2 Å². The molecule has 1 unspecified atom stereocenters. The smallest absolute Gasteiger partial charge is 0.232 e. The summed E-state index contributed by atoms with van der Waals surface area (Å²) in [6, 6.07) is 0.468. The molecule has 1 aliphatic heterocycles. The average molecular weight is 409 g/mol. The zero-order chi connectivity index (χ0) is 21.3. The van der Waals surface area contributed by atoms with E-state index in [9.17, 15) is 0 Å². The molecule has 0 radical (unpaired) electrons. The van der Waals surface area contributed by atoms with Crippen LogP contribution in [0.1, 0.15) is 66.1 Å². The van der Waals surface area contributed by atoms with Crippen molar-refractivity contribution in [3.05, 3.63) is 11.7 Å². The molecule has 1 aromatic rings. The van der Waals surface area contributed by atoms with E-state index in [2.05, 4.69) is 72.2 Å². The van der Waals surface area contributed by atoms with Gasteiger partial charge in [-0.25, -0.2) is 4.99 Å². The van der Waals surface area contributed by atoms with Gasteiger partial charge >= 0.3 is 0 Å². The molecule has 2 rings (SSSR count). The van der Waals surface area contributed by atoms with E-state index in [4.69, 9.17) is 9.26 Å². The van der Waals surface area contributed by atoms with Gasteiger partial charge in [0.15, 0.2) is 11.8 Å². The number of morpholine rings is 1. The van der Waals surface area contributed by atoms with Gasteiger partial charge in [0, 0.05) is 37.6 Å². The van der Waals surface area contributed by atoms with Crippen LogP contribution in [-0.4, -0.2) is 66.4 Å². The van der Waals surface area contributed by atoms with Crippen LogP contribution in [-0.2, 0) is 16.7 Å². The second kappa shape index (κ2) is 11.5. The molecular weight excluding hydrogens is 368 g/mol. The van der Waals surface area contributed by atoms with Crippen molar-refractivity contribution in [2.75, 3.05) is 39.4 Å². The van der Waals surface area contributed by atoms with Gasteiger partial charge in [-0.1, -0.05) is 52.6 Å². The fourth-order valence-corrected chi connectivity index (χ4v) is 3.65. The van der Waals surface area contributed by atoms with E-state index in [1.807, 2.05) is 0 Å². The molecule has 1 atom stereocenters. The summed E-state index contributed by atoms with van der Waals surface area (Å²) in [4.78, 5) is 11.7. The quantitative estimate of drug-likeness (QED) is 0.479. The maximum atomic E-state index is 5.55. The van der Waals surface area contributed by atoms with Crippen LogP contribution in [0.15, 0.2) is 9.52 Å². The Labute approximate surface area is 175 Å². The van der Waals surface area contributed by atoms with Gasteiger partial charge in [0.1, 0.15) is 6.54 Å². The summed E-state index contributed by atoms with van der Waals surface area (Å²) in [7, 11) is 0. The first-order chi connectivity index (χ1) is 13.9. The highest BCUT2D eigenvalue weighted by atomic mass is 16.5. The Bertz CT molecular complexity index is 615. The lowest BCUT2D eigenvalue weighted by Crippen LogP contribution is -2.53. The summed E-state index contributed by atoms with van der Waals surface area (Å²) in [6.07, 6.45) is 2.35.